The van der Waals surface area contributed by atoms with E-state index in [2.05, 4.69) is 10.6 Å². The molecule has 1 aromatic rings. The summed E-state index contributed by atoms with van der Waals surface area (Å²) in [4.78, 5) is 11.8. The van der Waals surface area contributed by atoms with Crippen molar-refractivity contribution in [2.75, 3.05) is 18.4 Å². The average molecular weight is 266 g/mol. The molecule has 0 bridgehead atoms. The molecule has 4 nitrogen and oxygen atoms in total. The Morgan fingerprint density at radius 2 is 2.42 bits per heavy atom. The minimum absolute atomic E-state index is 0.0259. The fraction of sp³-hybridized carbons (Fsp3) is 0.500. The number of aliphatic carboxylic acids is 1. The first-order chi connectivity index (χ1) is 9.08. The number of carboxylic acid groups (broad SMARTS) is 1. The van der Waals surface area contributed by atoms with E-state index < -0.39 is 11.5 Å². The van der Waals surface area contributed by atoms with E-state index in [1.165, 1.54) is 12.1 Å². The fourth-order valence-electron chi connectivity index (χ4n) is 2.76. The molecule has 0 radical (unpaired) electrons. The number of halogens is 1. The maximum atomic E-state index is 13.2. The van der Waals surface area contributed by atoms with E-state index >= 15 is 0 Å². The van der Waals surface area contributed by atoms with Gasteiger partial charge in [-0.3, -0.25) is 0 Å². The average Bonchev–Trinajstić information content (AvgIpc) is 2.39. The minimum atomic E-state index is -1.02. The van der Waals surface area contributed by atoms with Gasteiger partial charge in [0, 0.05) is 18.2 Å². The Morgan fingerprint density at radius 1 is 1.63 bits per heavy atom. The number of hydrogen-bond donors (Lipinski definition) is 3. The number of hydrogen-bond acceptors (Lipinski definition) is 3. The van der Waals surface area contributed by atoms with E-state index in [1.807, 2.05) is 6.92 Å². The second-order valence-electron chi connectivity index (χ2n) is 4.97. The van der Waals surface area contributed by atoms with Crippen LogP contribution in [0.25, 0.3) is 0 Å². The smallest absolute Gasteiger partial charge is 0.329 e. The lowest BCUT2D eigenvalue weighted by Gasteiger charge is -2.42. The van der Waals surface area contributed by atoms with Crippen molar-refractivity contribution in [1.82, 2.24) is 5.32 Å². The highest BCUT2D eigenvalue weighted by atomic mass is 19.1. The number of piperidine rings is 1. The molecule has 1 aliphatic heterocycles. The molecule has 0 saturated carbocycles. The number of rotatable bonds is 4. The summed E-state index contributed by atoms with van der Waals surface area (Å²) >= 11 is 0. The Labute approximate surface area is 112 Å². The molecule has 0 amide bonds. The number of carboxylic acids is 1. The van der Waals surface area contributed by atoms with E-state index in [9.17, 15) is 14.3 Å². The maximum absolute atomic E-state index is 13.2. The molecule has 0 aromatic heterocycles. The van der Waals surface area contributed by atoms with Gasteiger partial charge in [0.1, 0.15) is 11.4 Å². The van der Waals surface area contributed by atoms with Crippen molar-refractivity contribution in [2.45, 2.75) is 25.3 Å². The molecule has 2 rings (SSSR count). The molecule has 2 unspecified atom stereocenters. The lowest BCUT2D eigenvalue weighted by Crippen LogP contribution is -2.59. The van der Waals surface area contributed by atoms with Gasteiger partial charge in [0.15, 0.2) is 0 Å². The molecule has 104 valence electrons. The van der Waals surface area contributed by atoms with Crippen LogP contribution in [0, 0.1) is 11.7 Å². The van der Waals surface area contributed by atoms with E-state index in [0.29, 0.717) is 25.2 Å². The summed E-state index contributed by atoms with van der Waals surface area (Å²) in [6.07, 6.45) is 1.24. The molecule has 2 atom stereocenters. The molecule has 1 saturated heterocycles. The highest BCUT2D eigenvalue weighted by Crippen LogP contribution is 2.31. The third-order valence-corrected chi connectivity index (χ3v) is 3.85. The second-order valence-corrected chi connectivity index (χ2v) is 4.97. The normalized spacial score (nSPS) is 26.9. The first-order valence-corrected chi connectivity index (χ1v) is 6.56. The lowest BCUT2D eigenvalue weighted by molar-refractivity contribution is -0.145. The SMILES string of the molecule is CCC1CNCCC1(Nc1cccc(F)c1)C(=O)O. The Balaban J connectivity index is 2.31. The van der Waals surface area contributed by atoms with E-state index in [-0.39, 0.29) is 11.7 Å². The van der Waals surface area contributed by atoms with Gasteiger partial charge < -0.3 is 15.7 Å². The summed E-state index contributed by atoms with van der Waals surface area (Å²) < 4.78 is 13.2. The molecule has 1 fully saturated rings. The Morgan fingerprint density at radius 3 is 3.05 bits per heavy atom. The molecular formula is C14H19FN2O2. The van der Waals surface area contributed by atoms with Crippen molar-refractivity contribution in [1.29, 1.82) is 0 Å². The first kappa shape index (κ1) is 13.8. The quantitative estimate of drug-likeness (QED) is 0.781. The molecule has 19 heavy (non-hydrogen) atoms. The Kier molecular flexibility index (Phi) is 4.04. The van der Waals surface area contributed by atoms with Gasteiger partial charge >= 0.3 is 5.97 Å². The Hall–Kier alpha value is -1.62. The molecule has 1 aromatic carbocycles. The largest absolute Gasteiger partial charge is 0.479 e. The van der Waals surface area contributed by atoms with E-state index in [1.54, 1.807) is 12.1 Å². The van der Waals surface area contributed by atoms with Crippen molar-refractivity contribution in [3.8, 4) is 0 Å². The van der Waals surface area contributed by atoms with Crippen LogP contribution < -0.4 is 10.6 Å². The highest BCUT2D eigenvalue weighted by molar-refractivity contribution is 5.83. The molecule has 5 heteroatoms. The van der Waals surface area contributed by atoms with Crippen LogP contribution in [0.2, 0.25) is 0 Å². The minimum Gasteiger partial charge on any atom is -0.479 e. The van der Waals surface area contributed by atoms with Crippen molar-refractivity contribution < 1.29 is 14.3 Å². The van der Waals surface area contributed by atoms with Crippen LogP contribution in [-0.2, 0) is 4.79 Å². The third-order valence-electron chi connectivity index (χ3n) is 3.85. The van der Waals surface area contributed by atoms with Crippen molar-refractivity contribution in [3.63, 3.8) is 0 Å². The monoisotopic (exact) mass is 266 g/mol. The third kappa shape index (κ3) is 2.71. The van der Waals surface area contributed by atoms with Gasteiger partial charge in [0.05, 0.1) is 0 Å². The fourth-order valence-corrected chi connectivity index (χ4v) is 2.76. The predicted octanol–water partition coefficient (Wildman–Crippen LogP) is 2.08. The van der Waals surface area contributed by atoms with E-state index in [4.69, 9.17) is 0 Å². The number of nitrogens with one attached hydrogen (secondary N) is 2. The lowest BCUT2D eigenvalue weighted by atomic mass is 9.76. The molecule has 1 heterocycles. The van der Waals surface area contributed by atoms with Crippen LogP contribution in [0.15, 0.2) is 24.3 Å². The van der Waals surface area contributed by atoms with Crippen LogP contribution in [-0.4, -0.2) is 29.7 Å². The first-order valence-electron chi connectivity index (χ1n) is 6.56. The number of carbonyl (C=O) groups is 1. The summed E-state index contributed by atoms with van der Waals surface area (Å²) in [5.74, 6) is -1.26. The standard InChI is InChI=1S/C14H19FN2O2/c1-2-10-9-16-7-6-14(10,13(18)19)17-12-5-3-4-11(15)8-12/h3-5,8,10,16-17H,2,6-7,9H2,1H3,(H,18,19). The summed E-state index contributed by atoms with van der Waals surface area (Å²) in [7, 11) is 0. The highest BCUT2D eigenvalue weighted by Gasteiger charge is 2.46. The van der Waals surface area contributed by atoms with Gasteiger partial charge in [-0.05, 0) is 37.6 Å². The summed E-state index contributed by atoms with van der Waals surface area (Å²) in [6.45, 7) is 3.28. The van der Waals surface area contributed by atoms with Crippen molar-refractivity contribution in [3.05, 3.63) is 30.1 Å². The summed E-state index contributed by atoms with van der Waals surface area (Å²) in [5.41, 5.74) is -0.504. The van der Waals surface area contributed by atoms with Gasteiger partial charge in [-0.2, -0.15) is 0 Å². The van der Waals surface area contributed by atoms with Crippen LogP contribution in [0.5, 0.6) is 0 Å². The summed E-state index contributed by atoms with van der Waals surface area (Å²) in [6, 6.07) is 5.95. The predicted molar refractivity (Wildman–Crippen MR) is 71.7 cm³/mol. The Bertz CT molecular complexity index is 467. The number of anilines is 1. The molecule has 0 spiro atoms. The molecule has 1 aliphatic rings. The van der Waals surface area contributed by atoms with Crippen LogP contribution in [0.3, 0.4) is 0 Å². The van der Waals surface area contributed by atoms with Crippen molar-refractivity contribution in [2.24, 2.45) is 5.92 Å². The van der Waals surface area contributed by atoms with Gasteiger partial charge in [-0.1, -0.05) is 13.0 Å². The van der Waals surface area contributed by atoms with E-state index in [0.717, 1.165) is 6.42 Å². The number of benzene rings is 1. The zero-order valence-corrected chi connectivity index (χ0v) is 10.9. The zero-order valence-electron chi connectivity index (χ0n) is 10.9. The molecule has 3 N–H and O–H groups in total. The van der Waals surface area contributed by atoms with Crippen molar-refractivity contribution >= 4 is 11.7 Å². The van der Waals surface area contributed by atoms with Gasteiger partial charge in [0.2, 0.25) is 0 Å². The molecular weight excluding hydrogens is 247 g/mol. The van der Waals surface area contributed by atoms with Crippen LogP contribution >= 0.6 is 0 Å². The van der Waals surface area contributed by atoms with Crippen LogP contribution in [0.4, 0.5) is 10.1 Å². The van der Waals surface area contributed by atoms with Gasteiger partial charge in [0.25, 0.3) is 0 Å². The van der Waals surface area contributed by atoms with Crippen LogP contribution in [0.1, 0.15) is 19.8 Å². The van der Waals surface area contributed by atoms with Gasteiger partial charge in [-0.15, -0.1) is 0 Å². The molecule has 0 aliphatic carbocycles. The summed E-state index contributed by atoms with van der Waals surface area (Å²) in [5, 5.41) is 15.9. The topological polar surface area (TPSA) is 61.4 Å². The zero-order chi connectivity index (χ0) is 13.9. The second kappa shape index (κ2) is 5.57. The van der Waals surface area contributed by atoms with Gasteiger partial charge in [-0.25, -0.2) is 9.18 Å². The maximum Gasteiger partial charge on any atom is 0.329 e.